The van der Waals surface area contributed by atoms with E-state index in [0.717, 1.165) is 16.3 Å². The number of nitrogens with zero attached hydrogens (tertiary/aromatic N) is 4. The summed E-state index contributed by atoms with van der Waals surface area (Å²) < 4.78 is 22.0. The van der Waals surface area contributed by atoms with Crippen LogP contribution in [-0.4, -0.2) is 96.4 Å². The first-order valence-electron chi connectivity index (χ1n) is 14.0. The van der Waals surface area contributed by atoms with Gasteiger partial charge in [0.1, 0.15) is 45.1 Å². The standard InChI is InChI=1S/C28H20N4O15S4/c1-44-13(25-29(5-16(33)34)10-2-11-12(46-9-45-11)3-14(10)49-25)4-15-22(41)30(6-17(35)36)27(50-15)21-24(43)31(7-18(37)38)26(51-21)20-23(42)32(8-19(39)40)28(48)47-20/h2-4H,5-9H2,1H3,(H,33,34)(H,35,36)(H,37,38)(H,39,40)/b15-4-,25-13-,26-20+,27-21+. The molecule has 1 amide bonds. The summed E-state index contributed by atoms with van der Waals surface area (Å²) in [5, 5.41) is 37.8. The van der Waals surface area contributed by atoms with Gasteiger partial charge in [0.25, 0.3) is 16.3 Å². The number of hydrogen-bond acceptors (Lipinski definition) is 16. The molecule has 23 heteroatoms. The molecular formula is C28H20N4O15S4. The van der Waals surface area contributed by atoms with E-state index in [2.05, 4.69) is 0 Å². The molecule has 0 saturated carbocycles. The second kappa shape index (κ2) is 13.6. The molecule has 0 aliphatic carbocycles. The van der Waals surface area contributed by atoms with Gasteiger partial charge in [-0.3, -0.25) is 47.6 Å². The zero-order valence-electron chi connectivity index (χ0n) is 25.5. The Hall–Kier alpha value is -5.65. The van der Waals surface area contributed by atoms with Gasteiger partial charge in [-0.15, -0.1) is 22.7 Å². The highest BCUT2D eigenvalue weighted by molar-refractivity contribution is 8.03. The first-order chi connectivity index (χ1) is 24.2. The molecular weight excluding hydrogens is 761 g/mol. The lowest BCUT2D eigenvalue weighted by Crippen LogP contribution is -2.35. The minimum atomic E-state index is -1.51. The zero-order valence-corrected chi connectivity index (χ0v) is 28.7. The van der Waals surface area contributed by atoms with Crippen molar-refractivity contribution >= 4 is 99.1 Å². The Bertz CT molecular complexity index is 2480. The molecule has 51 heavy (non-hydrogen) atoms. The number of carboxylic acids is 4. The number of rotatable bonds is 10. The third-order valence-electron chi connectivity index (χ3n) is 7.09. The van der Waals surface area contributed by atoms with Gasteiger partial charge in [0, 0.05) is 23.1 Å². The molecule has 0 spiro atoms. The molecule has 3 aromatic rings. The van der Waals surface area contributed by atoms with Gasteiger partial charge in [0.15, 0.2) is 17.3 Å². The van der Waals surface area contributed by atoms with Crippen molar-refractivity contribution in [3.05, 3.63) is 62.0 Å². The fraction of sp³-hybridized carbons (Fsp3) is 0.214. The Kier molecular flexibility index (Phi) is 9.37. The largest absolute Gasteiger partial charge is 0.494 e. The summed E-state index contributed by atoms with van der Waals surface area (Å²) >= 11 is 7.20. The van der Waals surface area contributed by atoms with E-state index in [1.807, 2.05) is 0 Å². The summed E-state index contributed by atoms with van der Waals surface area (Å²) in [6.45, 7) is -3.37. The predicted octanol–water partition coefficient (Wildman–Crippen LogP) is -1.05. The number of hydrogen-bond donors (Lipinski definition) is 4. The zero-order chi connectivity index (χ0) is 36.9. The Morgan fingerprint density at radius 2 is 1.43 bits per heavy atom. The van der Waals surface area contributed by atoms with Crippen LogP contribution in [0.1, 0.15) is 0 Å². The third-order valence-corrected chi connectivity index (χ3v) is 11.0. The second-order valence-corrected chi connectivity index (χ2v) is 13.7. The van der Waals surface area contributed by atoms with Crippen molar-refractivity contribution in [1.82, 2.24) is 14.0 Å². The molecule has 3 aliphatic heterocycles. The normalized spacial score (nSPS) is 17.9. The van der Waals surface area contributed by atoms with Crippen LogP contribution in [-0.2, 0) is 46.5 Å². The number of carboxylic acid groups (broad SMARTS) is 4. The molecule has 1 aromatic carbocycles. The maximum Gasteiger partial charge on any atom is 0.323 e. The van der Waals surface area contributed by atoms with Crippen LogP contribution in [0.5, 0.6) is 11.5 Å². The second-order valence-electron chi connectivity index (χ2n) is 10.3. The third kappa shape index (κ3) is 6.53. The number of carbonyl (C=O) groups is 5. The van der Waals surface area contributed by atoms with Crippen LogP contribution in [0.15, 0.2) is 37.4 Å². The molecule has 0 unspecified atom stereocenters. The van der Waals surface area contributed by atoms with Crippen molar-refractivity contribution in [2.45, 2.75) is 18.0 Å². The molecule has 1 fully saturated rings. The van der Waals surface area contributed by atoms with E-state index in [9.17, 15) is 48.9 Å². The maximum atomic E-state index is 13.7. The number of aromatic nitrogens is 2. The summed E-state index contributed by atoms with van der Waals surface area (Å²) in [6, 6.07) is 3.25. The Morgan fingerprint density at radius 3 is 2.04 bits per heavy atom. The number of methoxy groups -OCH3 is 1. The molecule has 1 saturated heterocycles. The van der Waals surface area contributed by atoms with E-state index in [4.69, 9.17) is 36.3 Å². The highest BCUT2D eigenvalue weighted by Gasteiger charge is 2.37. The Labute approximate surface area is 299 Å². The fourth-order valence-corrected chi connectivity index (χ4v) is 8.76. The van der Waals surface area contributed by atoms with Crippen molar-refractivity contribution in [3.63, 3.8) is 0 Å². The first-order valence-corrected chi connectivity index (χ1v) is 16.8. The number of thiazole rings is 2. The van der Waals surface area contributed by atoms with Crippen LogP contribution in [0.2, 0.25) is 0 Å². The molecule has 5 heterocycles. The number of benzene rings is 1. The lowest BCUT2D eigenvalue weighted by molar-refractivity contribution is -0.140. The number of ether oxygens (including phenoxy) is 4. The van der Waals surface area contributed by atoms with E-state index >= 15 is 0 Å². The number of aliphatic carboxylic acids is 4. The van der Waals surface area contributed by atoms with Gasteiger partial charge < -0.3 is 44.3 Å². The number of thiocarbonyl (C=S) groups is 1. The fourth-order valence-electron chi connectivity index (χ4n) is 5.04. The van der Waals surface area contributed by atoms with Gasteiger partial charge in [0.2, 0.25) is 12.6 Å². The number of anilines is 1. The van der Waals surface area contributed by atoms with Gasteiger partial charge in [0.05, 0.1) is 17.3 Å². The number of allylic oxidation sites excluding steroid dienone is 1. The summed E-state index contributed by atoms with van der Waals surface area (Å²) in [5.41, 5.74) is -1.48. The molecule has 0 atom stereocenters. The number of carbonyl (C=O) groups excluding carboxylic acids is 1. The van der Waals surface area contributed by atoms with Crippen molar-refractivity contribution in [2.75, 3.05) is 31.9 Å². The van der Waals surface area contributed by atoms with Gasteiger partial charge in [-0.1, -0.05) is 11.8 Å². The van der Waals surface area contributed by atoms with Crippen molar-refractivity contribution in [3.8, 4) is 11.5 Å². The summed E-state index contributed by atoms with van der Waals surface area (Å²) in [6.07, 6.45) is 1.24. The lowest BCUT2D eigenvalue weighted by Gasteiger charge is -2.19. The molecule has 0 bridgehead atoms. The summed E-state index contributed by atoms with van der Waals surface area (Å²) in [7, 11) is 1.27. The van der Waals surface area contributed by atoms with Gasteiger partial charge in [-0.05, 0) is 12.2 Å². The molecule has 266 valence electrons. The number of thioether (sulfide) groups is 1. The average Bonchev–Trinajstić information content (AvgIpc) is 3.85. The van der Waals surface area contributed by atoms with Crippen LogP contribution < -0.4 is 34.7 Å². The minimum Gasteiger partial charge on any atom is -0.494 e. The molecule has 19 nitrogen and oxygen atoms in total. The van der Waals surface area contributed by atoms with E-state index in [-0.39, 0.29) is 36.0 Å². The topological polar surface area (TPSA) is 254 Å². The van der Waals surface area contributed by atoms with Crippen LogP contribution in [0.4, 0.5) is 5.69 Å². The first kappa shape index (κ1) is 35.2. The maximum absolute atomic E-state index is 13.7. The van der Waals surface area contributed by atoms with Crippen LogP contribution in [0.25, 0.3) is 11.8 Å². The van der Waals surface area contributed by atoms with E-state index in [1.165, 1.54) is 18.1 Å². The smallest absolute Gasteiger partial charge is 0.323 e. The van der Waals surface area contributed by atoms with Crippen molar-refractivity contribution in [1.29, 1.82) is 0 Å². The molecule has 6 rings (SSSR count). The van der Waals surface area contributed by atoms with Crippen molar-refractivity contribution < 1.29 is 63.3 Å². The van der Waals surface area contributed by atoms with Crippen molar-refractivity contribution in [2.24, 2.45) is 0 Å². The van der Waals surface area contributed by atoms with Gasteiger partial charge >= 0.3 is 29.8 Å². The highest BCUT2D eigenvalue weighted by atomic mass is 32.2. The summed E-state index contributed by atoms with van der Waals surface area (Å²) in [4.78, 5) is 89.9. The van der Waals surface area contributed by atoms with Gasteiger partial charge in [-0.25, -0.2) is 0 Å². The quantitative estimate of drug-likeness (QED) is 0.141. The highest BCUT2D eigenvalue weighted by Crippen LogP contribution is 2.52. The van der Waals surface area contributed by atoms with Crippen LogP contribution >= 0.6 is 46.7 Å². The molecule has 2 aromatic heterocycles. The minimum absolute atomic E-state index is 0.00507. The average molecular weight is 781 g/mol. The van der Waals surface area contributed by atoms with Gasteiger partial charge in [-0.2, -0.15) is 0 Å². The Morgan fingerprint density at radius 1 is 0.843 bits per heavy atom. The van der Waals surface area contributed by atoms with E-state index < -0.39 is 78.0 Å². The van der Waals surface area contributed by atoms with Crippen LogP contribution in [0.3, 0.4) is 0 Å². The number of amides is 1. The van der Waals surface area contributed by atoms with E-state index in [0.29, 0.717) is 54.2 Å². The predicted molar refractivity (Wildman–Crippen MR) is 178 cm³/mol. The van der Waals surface area contributed by atoms with E-state index in [1.54, 1.807) is 12.1 Å². The Balaban J connectivity index is 1.62. The monoisotopic (exact) mass is 780 g/mol. The molecule has 0 radical (unpaired) electrons. The molecule has 4 N–H and O–H groups in total. The lowest BCUT2D eigenvalue weighted by atomic mass is 10.2. The SMILES string of the molecule is COC(/C=c1\s/c(=c2/s/c(=C3/OC(=S)N(CC(=O)O)C3=O)n(CC(=O)O)c2=O)n(CC(=O)O)c1=O)=C1\Sc2cc3c(cc2N1CC(=O)O)OCO3. The number of fused-ring (bicyclic) bond motifs is 2. The van der Waals surface area contributed by atoms with Crippen LogP contribution in [0, 0.1) is 9.20 Å². The molecule has 3 aliphatic rings. The summed E-state index contributed by atoms with van der Waals surface area (Å²) in [5.74, 6) is -6.52.